The highest BCUT2D eigenvalue weighted by molar-refractivity contribution is 5.85. The van der Waals surface area contributed by atoms with Gasteiger partial charge in [0, 0.05) is 38.6 Å². The van der Waals surface area contributed by atoms with Crippen LogP contribution in [0.4, 0.5) is 4.79 Å². The fourth-order valence-corrected chi connectivity index (χ4v) is 5.60. The zero-order valence-electron chi connectivity index (χ0n) is 19.7. The van der Waals surface area contributed by atoms with Gasteiger partial charge in [-0.15, -0.1) is 0 Å². The van der Waals surface area contributed by atoms with Crippen molar-refractivity contribution in [3.05, 3.63) is 59.7 Å². The summed E-state index contributed by atoms with van der Waals surface area (Å²) in [4.78, 5) is 40.5. The van der Waals surface area contributed by atoms with Crippen molar-refractivity contribution in [1.82, 2.24) is 15.1 Å². The Morgan fingerprint density at radius 2 is 1.54 bits per heavy atom. The molecule has 2 aromatic carbocycles. The van der Waals surface area contributed by atoms with E-state index in [1.54, 1.807) is 0 Å². The number of aliphatic carboxylic acids is 1. The first kappa shape index (κ1) is 23.4. The lowest BCUT2D eigenvalue weighted by Crippen LogP contribution is -2.58. The van der Waals surface area contributed by atoms with E-state index in [0.29, 0.717) is 26.2 Å². The van der Waals surface area contributed by atoms with Crippen LogP contribution in [0.1, 0.15) is 36.3 Å². The van der Waals surface area contributed by atoms with E-state index in [0.717, 1.165) is 30.4 Å². The second-order valence-corrected chi connectivity index (χ2v) is 9.78. The van der Waals surface area contributed by atoms with Crippen LogP contribution in [0, 0.1) is 5.41 Å². The van der Waals surface area contributed by atoms with E-state index < -0.39 is 17.5 Å². The molecule has 3 aliphatic rings. The maximum Gasteiger partial charge on any atom is 0.407 e. The maximum absolute atomic E-state index is 13.3. The molecule has 0 bridgehead atoms. The number of carboxylic acid groups (broad SMARTS) is 1. The third kappa shape index (κ3) is 4.62. The number of piperazine rings is 1. The summed E-state index contributed by atoms with van der Waals surface area (Å²) in [5, 5.41) is 11.8. The monoisotopic (exact) mass is 477 g/mol. The standard InChI is InChI=1S/C27H31N3O5/c31-24(32)16-29-12-14-30(15-13-29)25(33)27(10-5-11-27)18-28-26(34)35-17-23-21-8-3-1-6-19(21)20-7-2-4-9-22(20)23/h1-4,6-9,23H,5,10-18H2,(H,28,34)(H,31,32). The van der Waals surface area contributed by atoms with Crippen LogP contribution >= 0.6 is 0 Å². The number of rotatable bonds is 7. The first-order valence-electron chi connectivity index (χ1n) is 12.3. The normalized spacial score (nSPS) is 18.8. The van der Waals surface area contributed by atoms with Crippen LogP contribution in [0.25, 0.3) is 11.1 Å². The molecule has 2 aromatic rings. The Hall–Kier alpha value is -3.39. The Balaban J connectivity index is 1.15. The molecular weight excluding hydrogens is 446 g/mol. The topological polar surface area (TPSA) is 99.2 Å². The van der Waals surface area contributed by atoms with Gasteiger partial charge in [0.2, 0.25) is 5.91 Å². The Morgan fingerprint density at radius 3 is 2.09 bits per heavy atom. The molecule has 2 aliphatic carbocycles. The molecule has 1 heterocycles. The van der Waals surface area contributed by atoms with Gasteiger partial charge >= 0.3 is 12.1 Å². The van der Waals surface area contributed by atoms with Gasteiger partial charge in [-0.3, -0.25) is 14.5 Å². The fourth-order valence-electron chi connectivity index (χ4n) is 5.60. The van der Waals surface area contributed by atoms with Crippen LogP contribution in [-0.2, 0) is 14.3 Å². The SMILES string of the molecule is O=C(O)CN1CCN(C(=O)C2(CNC(=O)OCC3c4ccccc4-c4ccccc43)CCC2)CC1. The summed E-state index contributed by atoms with van der Waals surface area (Å²) in [7, 11) is 0. The summed E-state index contributed by atoms with van der Waals surface area (Å²) in [6, 6.07) is 16.4. The van der Waals surface area contributed by atoms with Gasteiger partial charge in [0.25, 0.3) is 0 Å². The molecule has 0 atom stereocenters. The van der Waals surface area contributed by atoms with E-state index in [9.17, 15) is 14.4 Å². The molecule has 0 unspecified atom stereocenters. The maximum atomic E-state index is 13.3. The number of carboxylic acids is 1. The van der Waals surface area contributed by atoms with Crippen LogP contribution in [0.2, 0.25) is 0 Å². The lowest BCUT2D eigenvalue weighted by molar-refractivity contribution is -0.149. The number of hydrogen-bond donors (Lipinski definition) is 2. The molecule has 5 rings (SSSR count). The molecule has 1 aliphatic heterocycles. The molecule has 8 nitrogen and oxygen atoms in total. The number of nitrogens with one attached hydrogen (secondary N) is 1. The van der Waals surface area contributed by atoms with Gasteiger partial charge in [-0.1, -0.05) is 55.0 Å². The second-order valence-electron chi connectivity index (χ2n) is 9.78. The molecule has 35 heavy (non-hydrogen) atoms. The largest absolute Gasteiger partial charge is 0.480 e. The number of carbonyl (C=O) groups excluding carboxylic acids is 2. The number of amides is 2. The summed E-state index contributed by atoms with van der Waals surface area (Å²) in [5.41, 5.74) is 4.10. The molecule has 0 aromatic heterocycles. The fraction of sp³-hybridized carbons (Fsp3) is 0.444. The first-order chi connectivity index (χ1) is 17.0. The van der Waals surface area contributed by atoms with E-state index >= 15 is 0 Å². The van der Waals surface area contributed by atoms with Crippen molar-refractivity contribution in [3.63, 3.8) is 0 Å². The zero-order chi connectivity index (χ0) is 24.4. The lowest BCUT2D eigenvalue weighted by atomic mass is 9.67. The van der Waals surface area contributed by atoms with Crippen LogP contribution in [0.5, 0.6) is 0 Å². The van der Waals surface area contributed by atoms with Crippen molar-refractivity contribution >= 4 is 18.0 Å². The number of alkyl carbamates (subject to hydrolysis) is 1. The van der Waals surface area contributed by atoms with Crippen molar-refractivity contribution < 1.29 is 24.2 Å². The van der Waals surface area contributed by atoms with Crippen molar-refractivity contribution in [3.8, 4) is 11.1 Å². The number of hydrogen-bond acceptors (Lipinski definition) is 5. The molecular formula is C27H31N3O5. The predicted octanol–water partition coefficient (Wildman–Crippen LogP) is 2.92. The molecule has 184 valence electrons. The van der Waals surface area contributed by atoms with Gasteiger partial charge in [0.05, 0.1) is 12.0 Å². The highest BCUT2D eigenvalue weighted by Crippen LogP contribution is 2.45. The van der Waals surface area contributed by atoms with E-state index in [2.05, 4.69) is 29.6 Å². The average molecular weight is 478 g/mol. The smallest absolute Gasteiger partial charge is 0.407 e. The number of ether oxygens (including phenoxy) is 1. The van der Waals surface area contributed by atoms with Gasteiger partial charge in [0.1, 0.15) is 6.61 Å². The zero-order valence-corrected chi connectivity index (χ0v) is 19.7. The van der Waals surface area contributed by atoms with Gasteiger partial charge < -0.3 is 20.1 Å². The Bertz CT molecular complexity index is 1080. The molecule has 2 amide bonds. The summed E-state index contributed by atoms with van der Waals surface area (Å²) in [5.74, 6) is -0.806. The van der Waals surface area contributed by atoms with Gasteiger partial charge in [0.15, 0.2) is 0 Å². The Labute approximate surface area is 204 Å². The van der Waals surface area contributed by atoms with Crippen LogP contribution in [0.3, 0.4) is 0 Å². The highest BCUT2D eigenvalue weighted by atomic mass is 16.5. The van der Waals surface area contributed by atoms with E-state index in [1.807, 2.05) is 34.1 Å². The van der Waals surface area contributed by atoms with Crippen molar-refractivity contribution in [1.29, 1.82) is 0 Å². The van der Waals surface area contributed by atoms with Gasteiger partial charge in [-0.05, 0) is 35.1 Å². The van der Waals surface area contributed by atoms with E-state index in [1.165, 1.54) is 11.1 Å². The molecule has 1 saturated carbocycles. The number of nitrogens with zero attached hydrogens (tertiary/aromatic N) is 2. The Morgan fingerprint density at radius 1 is 0.943 bits per heavy atom. The van der Waals surface area contributed by atoms with Crippen LogP contribution in [0.15, 0.2) is 48.5 Å². The number of carbonyl (C=O) groups is 3. The minimum absolute atomic E-state index is 0.00346. The quantitative estimate of drug-likeness (QED) is 0.636. The second kappa shape index (κ2) is 9.70. The number of fused-ring (bicyclic) bond motifs is 3. The average Bonchev–Trinajstić information content (AvgIpc) is 3.16. The summed E-state index contributed by atoms with van der Waals surface area (Å²) >= 11 is 0. The molecule has 2 N–H and O–H groups in total. The van der Waals surface area contributed by atoms with E-state index in [-0.39, 0.29) is 31.5 Å². The molecule has 1 saturated heterocycles. The van der Waals surface area contributed by atoms with E-state index in [4.69, 9.17) is 9.84 Å². The van der Waals surface area contributed by atoms with Crippen molar-refractivity contribution in [2.75, 3.05) is 45.9 Å². The molecule has 8 heteroatoms. The van der Waals surface area contributed by atoms with Crippen LogP contribution < -0.4 is 5.32 Å². The highest BCUT2D eigenvalue weighted by Gasteiger charge is 2.47. The van der Waals surface area contributed by atoms with Gasteiger partial charge in [-0.25, -0.2) is 4.79 Å². The molecule has 0 radical (unpaired) electrons. The minimum atomic E-state index is -0.854. The van der Waals surface area contributed by atoms with Crippen molar-refractivity contribution in [2.45, 2.75) is 25.2 Å². The Kier molecular flexibility index (Phi) is 6.47. The lowest BCUT2D eigenvalue weighted by Gasteiger charge is -2.45. The summed E-state index contributed by atoms with van der Waals surface area (Å²) in [6.45, 7) is 2.63. The molecule has 2 fully saturated rings. The summed E-state index contributed by atoms with van der Waals surface area (Å²) < 4.78 is 5.64. The third-order valence-corrected chi connectivity index (χ3v) is 7.70. The van der Waals surface area contributed by atoms with Gasteiger partial charge in [-0.2, -0.15) is 0 Å². The minimum Gasteiger partial charge on any atom is -0.480 e. The van der Waals surface area contributed by atoms with Crippen molar-refractivity contribution in [2.24, 2.45) is 5.41 Å². The molecule has 0 spiro atoms. The third-order valence-electron chi connectivity index (χ3n) is 7.70. The number of benzene rings is 2. The van der Waals surface area contributed by atoms with Crippen LogP contribution in [-0.4, -0.2) is 78.8 Å². The first-order valence-corrected chi connectivity index (χ1v) is 12.3. The summed E-state index contributed by atoms with van der Waals surface area (Å²) in [6.07, 6.45) is 1.93. The predicted molar refractivity (Wildman–Crippen MR) is 130 cm³/mol.